The fourth-order valence-electron chi connectivity index (χ4n) is 4.06. The molecule has 1 aliphatic heterocycles. The first-order chi connectivity index (χ1) is 10.4. The maximum absolute atomic E-state index is 12.7. The molecule has 0 saturated heterocycles. The fourth-order valence-corrected chi connectivity index (χ4v) is 4.06. The van der Waals surface area contributed by atoms with Gasteiger partial charge in [-0.2, -0.15) is 0 Å². The van der Waals surface area contributed by atoms with Gasteiger partial charge in [0, 0.05) is 0 Å². The standard InChI is InChI=1S/C16H13NO5/c1-22-14(21)16-6-15(7-16,8-16)13(20)17-11(18)9-4-2-3-5-10(9)12(17)19/h2-5H,6-8H2,1H3. The van der Waals surface area contributed by atoms with E-state index in [2.05, 4.69) is 0 Å². The van der Waals surface area contributed by atoms with E-state index in [0.717, 1.165) is 4.90 Å². The average molecular weight is 299 g/mol. The number of esters is 1. The molecule has 0 radical (unpaired) electrons. The minimum absolute atomic E-state index is 0.259. The number of imide groups is 3. The SMILES string of the molecule is COC(=O)C12CC(C(=O)N3C(=O)c4ccccc4C3=O)(C1)C2. The molecule has 6 nitrogen and oxygen atoms in total. The van der Waals surface area contributed by atoms with Gasteiger partial charge < -0.3 is 4.74 Å². The number of ether oxygens (including phenoxy) is 1. The maximum Gasteiger partial charge on any atom is 0.311 e. The Morgan fingerprint density at radius 1 is 1.00 bits per heavy atom. The van der Waals surface area contributed by atoms with Gasteiger partial charge in [-0.1, -0.05) is 12.1 Å². The van der Waals surface area contributed by atoms with Crippen LogP contribution in [0.25, 0.3) is 0 Å². The van der Waals surface area contributed by atoms with Crippen LogP contribution < -0.4 is 0 Å². The fraction of sp³-hybridized carbons (Fsp3) is 0.375. The van der Waals surface area contributed by atoms with Crippen molar-refractivity contribution in [2.75, 3.05) is 7.11 Å². The van der Waals surface area contributed by atoms with Gasteiger partial charge in [0.2, 0.25) is 5.91 Å². The van der Waals surface area contributed by atoms with Gasteiger partial charge in [0.1, 0.15) is 0 Å². The third kappa shape index (κ3) is 1.30. The molecule has 3 amide bonds. The molecule has 2 bridgehead atoms. The van der Waals surface area contributed by atoms with Gasteiger partial charge in [0.15, 0.2) is 0 Å². The highest BCUT2D eigenvalue weighted by molar-refractivity contribution is 6.30. The van der Waals surface area contributed by atoms with E-state index in [1.165, 1.54) is 7.11 Å². The van der Waals surface area contributed by atoms with Crippen LogP contribution >= 0.6 is 0 Å². The van der Waals surface area contributed by atoms with Gasteiger partial charge in [-0.3, -0.25) is 19.2 Å². The van der Waals surface area contributed by atoms with Crippen LogP contribution in [0.15, 0.2) is 24.3 Å². The summed E-state index contributed by atoms with van der Waals surface area (Å²) >= 11 is 0. The molecule has 6 heteroatoms. The Morgan fingerprint density at radius 2 is 1.50 bits per heavy atom. The minimum Gasteiger partial charge on any atom is -0.469 e. The molecule has 0 N–H and O–H groups in total. The highest BCUT2D eigenvalue weighted by atomic mass is 16.5. The molecule has 3 saturated carbocycles. The third-order valence-corrected chi connectivity index (χ3v) is 5.10. The van der Waals surface area contributed by atoms with Crippen molar-refractivity contribution in [3.8, 4) is 0 Å². The predicted octanol–water partition coefficient (Wildman–Crippen LogP) is 1.15. The summed E-state index contributed by atoms with van der Waals surface area (Å²) in [5.41, 5.74) is -0.810. The Hall–Kier alpha value is -2.50. The van der Waals surface area contributed by atoms with Crippen LogP contribution in [0.5, 0.6) is 0 Å². The van der Waals surface area contributed by atoms with E-state index in [0.29, 0.717) is 19.3 Å². The quantitative estimate of drug-likeness (QED) is 0.604. The lowest BCUT2D eigenvalue weighted by Gasteiger charge is -2.67. The van der Waals surface area contributed by atoms with Crippen molar-refractivity contribution in [2.45, 2.75) is 19.3 Å². The van der Waals surface area contributed by atoms with Gasteiger partial charge in [0.25, 0.3) is 11.8 Å². The Balaban J connectivity index is 1.59. The summed E-state index contributed by atoms with van der Waals surface area (Å²) in [5.74, 6) is -1.93. The zero-order valence-electron chi connectivity index (χ0n) is 11.9. The van der Waals surface area contributed by atoms with E-state index >= 15 is 0 Å². The monoisotopic (exact) mass is 299 g/mol. The number of carbonyl (C=O) groups excluding carboxylic acids is 4. The number of amides is 3. The number of rotatable bonds is 2. The minimum atomic E-state index is -0.748. The van der Waals surface area contributed by atoms with E-state index < -0.39 is 28.6 Å². The number of benzene rings is 1. The number of methoxy groups -OCH3 is 1. The largest absolute Gasteiger partial charge is 0.469 e. The molecule has 3 aliphatic carbocycles. The van der Waals surface area contributed by atoms with Gasteiger partial charge in [-0.25, -0.2) is 4.90 Å². The van der Waals surface area contributed by atoms with Crippen molar-refractivity contribution in [1.82, 2.24) is 4.90 Å². The van der Waals surface area contributed by atoms with E-state index in [1.54, 1.807) is 24.3 Å². The molecule has 1 aromatic rings. The normalized spacial score (nSPS) is 31.2. The van der Waals surface area contributed by atoms with Crippen LogP contribution in [0.3, 0.4) is 0 Å². The molecular formula is C16H13NO5. The van der Waals surface area contributed by atoms with Crippen LogP contribution in [-0.4, -0.2) is 35.7 Å². The molecule has 0 unspecified atom stereocenters. The highest BCUT2D eigenvalue weighted by Gasteiger charge is 2.77. The summed E-state index contributed by atoms with van der Waals surface area (Å²) in [4.78, 5) is 49.7. The topological polar surface area (TPSA) is 80.8 Å². The molecule has 1 aromatic carbocycles. The molecule has 1 heterocycles. The molecule has 112 valence electrons. The van der Waals surface area contributed by atoms with Crippen LogP contribution in [0, 0.1) is 10.8 Å². The summed E-state index contributed by atoms with van der Waals surface area (Å²) in [7, 11) is 1.32. The molecular weight excluding hydrogens is 286 g/mol. The summed E-state index contributed by atoms with van der Waals surface area (Å²) in [6.07, 6.45) is 1.08. The molecule has 4 aliphatic rings. The van der Waals surface area contributed by atoms with Crippen molar-refractivity contribution in [3.63, 3.8) is 0 Å². The third-order valence-electron chi connectivity index (χ3n) is 5.10. The summed E-state index contributed by atoms with van der Waals surface area (Å²) in [6.45, 7) is 0. The molecule has 22 heavy (non-hydrogen) atoms. The first-order valence-corrected chi connectivity index (χ1v) is 7.05. The van der Waals surface area contributed by atoms with Gasteiger partial charge in [0.05, 0.1) is 29.1 Å². The second kappa shape index (κ2) is 3.82. The van der Waals surface area contributed by atoms with Crippen molar-refractivity contribution in [3.05, 3.63) is 35.4 Å². The van der Waals surface area contributed by atoms with Gasteiger partial charge in [-0.15, -0.1) is 0 Å². The van der Waals surface area contributed by atoms with E-state index in [1.807, 2.05) is 0 Å². The zero-order valence-corrected chi connectivity index (χ0v) is 11.9. The lowest BCUT2D eigenvalue weighted by atomic mass is 9.34. The number of hydrogen-bond acceptors (Lipinski definition) is 5. The number of nitrogens with zero attached hydrogens (tertiary/aromatic N) is 1. The molecule has 5 rings (SSSR count). The van der Waals surface area contributed by atoms with E-state index in [4.69, 9.17) is 4.74 Å². The predicted molar refractivity (Wildman–Crippen MR) is 72.7 cm³/mol. The first kappa shape index (κ1) is 13.2. The van der Waals surface area contributed by atoms with Crippen molar-refractivity contribution < 1.29 is 23.9 Å². The lowest BCUT2D eigenvalue weighted by Crippen LogP contribution is -2.71. The second-order valence-corrected chi connectivity index (χ2v) is 6.38. The van der Waals surface area contributed by atoms with Crippen LogP contribution in [0.1, 0.15) is 40.0 Å². The second-order valence-electron chi connectivity index (χ2n) is 6.38. The smallest absolute Gasteiger partial charge is 0.311 e. The Labute approximate surface area is 126 Å². The molecule has 3 fully saturated rings. The van der Waals surface area contributed by atoms with Gasteiger partial charge in [-0.05, 0) is 31.4 Å². The first-order valence-electron chi connectivity index (χ1n) is 7.05. The Bertz CT molecular complexity index is 711. The average Bonchev–Trinajstić information content (AvgIpc) is 2.68. The van der Waals surface area contributed by atoms with Crippen LogP contribution in [0.2, 0.25) is 0 Å². The number of fused-ring (bicyclic) bond motifs is 1. The van der Waals surface area contributed by atoms with Crippen LogP contribution in [0.4, 0.5) is 0 Å². The Kier molecular flexibility index (Phi) is 2.29. The zero-order chi connectivity index (χ0) is 15.7. The molecule has 0 aromatic heterocycles. The Morgan fingerprint density at radius 3 is 1.95 bits per heavy atom. The summed E-state index contributed by atoms with van der Waals surface area (Å²) < 4.78 is 4.74. The molecule has 0 spiro atoms. The van der Waals surface area contributed by atoms with E-state index in [-0.39, 0.29) is 17.1 Å². The maximum atomic E-state index is 12.7. The molecule has 0 atom stereocenters. The number of carbonyl (C=O) groups is 4. The highest BCUT2D eigenvalue weighted by Crippen LogP contribution is 2.74. The van der Waals surface area contributed by atoms with E-state index in [9.17, 15) is 19.2 Å². The number of hydrogen-bond donors (Lipinski definition) is 0. The van der Waals surface area contributed by atoms with Crippen molar-refractivity contribution >= 4 is 23.7 Å². The van der Waals surface area contributed by atoms with Crippen molar-refractivity contribution in [1.29, 1.82) is 0 Å². The van der Waals surface area contributed by atoms with Crippen LogP contribution in [-0.2, 0) is 14.3 Å². The summed E-state index contributed by atoms with van der Waals surface area (Å²) in [6, 6.07) is 6.40. The van der Waals surface area contributed by atoms with Crippen molar-refractivity contribution in [2.24, 2.45) is 10.8 Å². The lowest BCUT2D eigenvalue weighted by molar-refractivity contribution is -0.225. The summed E-state index contributed by atoms with van der Waals surface area (Å²) in [5, 5.41) is 0. The van der Waals surface area contributed by atoms with Gasteiger partial charge >= 0.3 is 5.97 Å².